The fourth-order valence-corrected chi connectivity index (χ4v) is 3.54. The lowest BCUT2D eigenvalue weighted by Gasteiger charge is -2.36. The molecule has 17 heavy (non-hydrogen) atoms. The van der Waals surface area contributed by atoms with Crippen LogP contribution in [-0.2, 0) is 6.54 Å². The van der Waals surface area contributed by atoms with Crippen molar-refractivity contribution >= 4 is 0 Å². The molecule has 0 bridgehead atoms. The van der Waals surface area contributed by atoms with Crippen molar-refractivity contribution in [1.29, 1.82) is 0 Å². The Morgan fingerprint density at radius 2 is 2.06 bits per heavy atom. The summed E-state index contributed by atoms with van der Waals surface area (Å²) in [4.78, 5) is 2.69. The Morgan fingerprint density at radius 3 is 2.82 bits per heavy atom. The smallest absolute Gasteiger partial charge is 0.0478 e. The van der Waals surface area contributed by atoms with Crippen LogP contribution < -0.4 is 5.32 Å². The van der Waals surface area contributed by atoms with Crippen LogP contribution in [0.25, 0.3) is 0 Å². The number of rotatable bonds is 1. The van der Waals surface area contributed by atoms with E-state index in [1.807, 2.05) is 0 Å². The number of hydrogen-bond acceptors (Lipinski definition) is 2. The second kappa shape index (κ2) is 4.43. The molecule has 3 atom stereocenters. The highest BCUT2D eigenvalue weighted by molar-refractivity contribution is 5.32. The first-order valence-electron chi connectivity index (χ1n) is 6.80. The van der Waals surface area contributed by atoms with Gasteiger partial charge in [0, 0.05) is 31.7 Å². The number of hydrogen-bond donors (Lipinski definition) is 1. The molecule has 0 aromatic heterocycles. The van der Waals surface area contributed by atoms with Crippen LogP contribution in [-0.4, -0.2) is 24.0 Å². The molecule has 2 heteroatoms. The first kappa shape index (κ1) is 11.2. The van der Waals surface area contributed by atoms with Crippen LogP contribution in [0.4, 0.5) is 0 Å². The summed E-state index contributed by atoms with van der Waals surface area (Å²) < 4.78 is 0. The first-order valence-corrected chi connectivity index (χ1v) is 6.80. The number of benzene rings is 1. The molecule has 0 amide bonds. The molecule has 1 aromatic carbocycles. The molecule has 0 aliphatic carbocycles. The van der Waals surface area contributed by atoms with Crippen molar-refractivity contribution in [2.75, 3.05) is 13.1 Å². The SMILES string of the molecule is CC1CC(C)N(C2CNCc3ccccc32)C1. The van der Waals surface area contributed by atoms with Gasteiger partial charge in [-0.1, -0.05) is 31.2 Å². The zero-order valence-corrected chi connectivity index (χ0v) is 10.8. The summed E-state index contributed by atoms with van der Waals surface area (Å²) in [7, 11) is 0. The summed E-state index contributed by atoms with van der Waals surface area (Å²) in [5, 5.41) is 3.56. The Labute approximate surface area is 104 Å². The molecule has 2 heterocycles. The van der Waals surface area contributed by atoms with Crippen LogP contribution >= 0.6 is 0 Å². The summed E-state index contributed by atoms with van der Waals surface area (Å²) >= 11 is 0. The van der Waals surface area contributed by atoms with Crippen LogP contribution in [0.1, 0.15) is 37.4 Å². The van der Waals surface area contributed by atoms with E-state index in [-0.39, 0.29) is 0 Å². The van der Waals surface area contributed by atoms with Crippen molar-refractivity contribution in [1.82, 2.24) is 10.2 Å². The third-order valence-electron chi connectivity index (χ3n) is 4.30. The van der Waals surface area contributed by atoms with Gasteiger partial charge in [0.1, 0.15) is 0 Å². The maximum absolute atomic E-state index is 3.56. The van der Waals surface area contributed by atoms with Crippen molar-refractivity contribution in [3.63, 3.8) is 0 Å². The predicted octanol–water partition coefficient (Wildman–Crippen LogP) is 2.56. The molecule has 1 N–H and O–H groups in total. The molecular formula is C15H22N2. The molecule has 0 spiro atoms. The zero-order chi connectivity index (χ0) is 11.8. The Morgan fingerprint density at radius 1 is 1.24 bits per heavy atom. The van der Waals surface area contributed by atoms with Gasteiger partial charge in [-0.05, 0) is 30.4 Å². The summed E-state index contributed by atoms with van der Waals surface area (Å²) in [6.07, 6.45) is 1.35. The van der Waals surface area contributed by atoms with Crippen molar-refractivity contribution < 1.29 is 0 Å². The molecule has 92 valence electrons. The number of fused-ring (bicyclic) bond motifs is 1. The van der Waals surface area contributed by atoms with Gasteiger partial charge in [-0.2, -0.15) is 0 Å². The van der Waals surface area contributed by atoms with E-state index in [0.29, 0.717) is 6.04 Å². The Hall–Kier alpha value is -0.860. The summed E-state index contributed by atoms with van der Waals surface area (Å²) in [5.74, 6) is 0.846. The minimum atomic E-state index is 0.583. The lowest BCUT2D eigenvalue weighted by Crippen LogP contribution is -2.41. The van der Waals surface area contributed by atoms with Gasteiger partial charge in [0.2, 0.25) is 0 Å². The van der Waals surface area contributed by atoms with Gasteiger partial charge in [-0.3, -0.25) is 4.90 Å². The predicted molar refractivity (Wildman–Crippen MR) is 70.8 cm³/mol. The van der Waals surface area contributed by atoms with Gasteiger partial charge in [-0.25, -0.2) is 0 Å². The lowest BCUT2D eigenvalue weighted by molar-refractivity contribution is 0.176. The highest BCUT2D eigenvalue weighted by atomic mass is 15.2. The largest absolute Gasteiger partial charge is 0.311 e. The Bertz CT molecular complexity index is 402. The number of likely N-dealkylation sites (tertiary alicyclic amines) is 1. The normalized spacial score (nSPS) is 33.6. The minimum Gasteiger partial charge on any atom is -0.311 e. The van der Waals surface area contributed by atoms with Crippen LogP contribution in [0.15, 0.2) is 24.3 Å². The van der Waals surface area contributed by atoms with Gasteiger partial charge < -0.3 is 5.32 Å². The second-order valence-corrected chi connectivity index (χ2v) is 5.73. The van der Waals surface area contributed by atoms with Gasteiger partial charge in [0.05, 0.1) is 0 Å². The van der Waals surface area contributed by atoms with E-state index in [9.17, 15) is 0 Å². The van der Waals surface area contributed by atoms with E-state index >= 15 is 0 Å². The maximum Gasteiger partial charge on any atom is 0.0478 e. The van der Waals surface area contributed by atoms with E-state index < -0.39 is 0 Å². The standard InChI is InChI=1S/C15H22N2/c1-11-7-12(2)17(10-11)15-9-16-8-13-5-3-4-6-14(13)15/h3-6,11-12,15-16H,7-10H2,1-2H3. The van der Waals surface area contributed by atoms with Gasteiger partial charge in [0.25, 0.3) is 0 Å². The summed E-state index contributed by atoms with van der Waals surface area (Å²) in [6.45, 7) is 8.14. The quantitative estimate of drug-likeness (QED) is 0.797. The van der Waals surface area contributed by atoms with Gasteiger partial charge in [0.15, 0.2) is 0 Å². The van der Waals surface area contributed by atoms with E-state index in [2.05, 4.69) is 48.3 Å². The fraction of sp³-hybridized carbons (Fsp3) is 0.600. The highest BCUT2D eigenvalue weighted by Gasteiger charge is 2.34. The molecule has 3 rings (SSSR count). The third kappa shape index (κ3) is 2.00. The molecule has 3 unspecified atom stereocenters. The van der Waals surface area contributed by atoms with E-state index in [1.54, 1.807) is 5.56 Å². The first-order chi connectivity index (χ1) is 8.25. The Balaban J connectivity index is 1.90. The van der Waals surface area contributed by atoms with Crippen molar-refractivity contribution in [3.8, 4) is 0 Å². The monoisotopic (exact) mass is 230 g/mol. The lowest BCUT2D eigenvalue weighted by atomic mass is 9.95. The molecule has 2 aliphatic rings. The van der Waals surface area contributed by atoms with E-state index in [4.69, 9.17) is 0 Å². The van der Waals surface area contributed by atoms with Crippen LogP contribution in [0, 0.1) is 5.92 Å². The number of nitrogens with one attached hydrogen (secondary N) is 1. The van der Waals surface area contributed by atoms with Crippen molar-refractivity contribution in [2.24, 2.45) is 5.92 Å². The topological polar surface area (TPSA) is 15.3 Å². The average Bonchev–Trinajstić information content (AvgIpc) is 2.68. The maximum atomic E-state index is 3.56. The molecule has 1 aromatic rings. The molecule has 2 nitrogen and oxygen atoms in total. The zero-order valence-electron chi connectivity index (χ0n) is 10.8. The van der Waals surface area contributed by atoms with E-state index in [0.717, 1.165) is 25.0 Å². The van der Waals surface area contributed by atoms with Crippen molar-refractivity contribution in [2.45, 2.75) is 38.9 Å². The van der Waals surface area contributed by atoms with Crippen molar-refractivity contribution in [3.05, 3.63) is 35.4 Å². The van der Waals surface area contributed by atoms with Gasteiger partial charge in [-0.15, -0.1) is 0 Å². The van der Waals surface area contributed by atoms with E-state index in [1.165, 1.54) is 18.5 Å². The molecular weight excluding hydrogens is 208 g/mol. The summed E-state index contributed by atoms with van der Waals surface area (Å²) in [6, 6.07) is 10.2. The summed E-state index contributed by atoms with van der Waals surface area (Å²) in [5.41, 5.74) is 3.03. The molecule has 0 radical (unpaired) electrons. The Kier molecular flexibility index (Phi) is 2.93. The van der Waals surface area contributed by atoms with Crippen LogP contribution in [0.3, 0.4) is 0 Å². The minimum absolute atomic E-state index is 0.583. The second-order valence-electron chi connectivity index (χ2n) is 5.73. The van der Waals surface area contributed by atoms with Gasteiger partial charge >= 0.3 is 0 Å². The average molecular weight is 230 g/mol. The third-order valence-corrected chi connectivity index (χ3v) is 4.30. The number of nitrogens with zero attached hydrogens (tertiary/aromatic N) is 1. The fourth-order valence-electron chi connectivity index (χ4n) is 3.54. The van der Waals surface area contributed by atoms with Crippen LogP contribution in [0.2, 0.25) is 0 Å². The highest BCUT2D eigenvalue weighted by Crippen LogP contribution is 2.34. The molecule has 0 saturated carbocycles. The molecule has 1 fully saturated rings. The molecule has 1 saturated heterocycles. The molecule has 2 aliphatic heterocycles. The van der Waals surface area contributed by atoms with Crippen LogP contribution in [0.5, 0.6) is 0 Å².